The van der Waals surface area contributed by atoms with Crippen molar-refractivity contribution in [1.82, 2.24) is 14.3 Å². The highest BCUT2D eigenvalue weighted by Gasteiger charge is 2.18. The van der Waals surface area contributed by atoms with Crippen LogP contribution in [0.25, 0.3) is 0 Å². The average Bonchev–Trinajstić information content (AvgIpc) is 3.22. The Morgan fingerprint density at radius 2 is 1.92 bits per heavy atom. The molecule has 3 aromatic rings. The van der Waals surface area contributed by atoms with Crippen LogP contribution in [0.5, 0.6) is 0 Å². The molecule has 0 saturated heterocycles. The van der Waals surface area contributed by atoms with Gasteiger partial charge in [0.1, 0.15) is 6.26 Å². The van der Waals surface area contributed by atoms with Crippen LogP contribution in [0.3, 0.4) is 0 Å². The zero-order valence-corrected chi connectivity index (χ0v) is 14.6. The molecule has 2 heterocycles. The number of amides is 1. The molecule has 3 rings (SSSR count). The van der Waals surface area contributed by atoms with Crippen molar-refractivity contribution in [3.05, 3.63) is 71.7 Å². The number of nitrogens with one attached hydrogen (secondary N) is 1. The topological polar surface area (TPSA) is 94.2 Å². The summed E-state index contributed by atoms with van der Waals surface area (Å²) in [6.45, 7) is 3.79. The standard InChI is InChI=1S/C17H17N3O4S/c1-12-3-5-16(6-4-12)25(22,23)20-8-7-14(10-20)17(21)18-9-15-11-24-13(2)19-15/h3-8,10-11H,9H2,1-2H3,(H,18,21). The summed E-state index contributed by atoms with van der Waals surface area (Å²) in [7, 11) is -3.72. The molecule has 0 spiro atoms. The van der Waals surface area contributed by atoms with Crippen molar-refractivity contribution in [1.29, 1.82) is 0 Å². The molecule has 0 aliphatic rings. The Kier molecular flexibility index (Phi) is 4.45. The van der Waals surface area contributed by atoms with Gasteiger partial charge in [0, 0.05) is 19.3 Å². The van der Waals surface area contributed by atoms with Crippen LogP contribution < -0.4 is 5.32 Å². The molecule has 0 atom stereocenters. The van der Waals surface area contributed by atoms with E-state index in [-0.39, 0.29) is 17.0 Å². The van der Waals surface area contributed by atoms with Crippen LogP contribution in [0, 0.1) is 13.8 Å². The quantitative estimate of drug-likeness (QED) is 0.754. The third-order valence-corrected chi connectivity index (χ3v) is 5.27. The first kappa shape index (κ1) is 17.0. The lowest BCUT2D eigenvalue weighted by atomic mass is 10.2. The summed E-state index contributed by atoms with van der Waals surface area (Å²) in [6, 6.07) is 7.98. The van der Waals surface area contributed by atoms with Gasteiger partial charge in [0.15, 0.2) is 5.89 Å². The molecule has 1 aromatic carbocycles. The van der Waals surface area contributed by atoms with Crippen LogP contribution in [0.4, 0.5) is 0 Å². The van der Waals surface area contributed by atoms with Crippen LogP contribution in [0.2, 0.25) is 0 Å². The smallest absolute Gasteiger partial charge is 0.267 e. The van der Waals surface area contributed by atoms with Gasteiger partial charge in [-0.25, -0.2) is 17.4 Å². The zero-order chi connectivity index (χ0) is 18.0. The van der Waals surface area contributed by atoms with Crippen LogP contribution in [0.1, 0.15) is 27.5 Å². The van der Waals surface area contributed by atoms with Gasteiger partial charge >= 0.3 is 0 Å². The van der Waals surface area contributed by atoms with Gasteiger partial charge in [0.25, 0.3) is 15.9 Å². The zero-order valence-electron chi connectivity index (χ0n) is 13.8. The third-order valence-electron chi connectivity index (χ3n) is 3.62. The Hall–Kier alpha value is -2.87. The van der Waals surface area contributed by atoms with Gasteiger partial charge in [-0.1, -0.05) is 17.7 Å². The number of hydrogen-bond acceptors (Lipinski definition) is 5. The van der Waals surface area contributed by atoms with Crippen molar-refractivity contribution in [3.8, 4) is 0 Å². The highest BCUT2D eigenvalue weighted by Crippen LogP contribution is 2.16. The van der Waals surface area contributed by atoms with E-state index in [1.165, 1.54) is 36.9 Å². The average molecular weight is 359 g/mol. The fourth-order valence-electron chi connectivity index (χ4n) is 2.26. The second kappa shape index (κ2) is 6.56. The predicted octanol–water partition coefficient (Wildman–Crippen LogP) is 2.26. The second-order valence-corrected chi connectivity index (χ2v) is 7.43. The Morgan fingerprint density at radius 3 is 2.56 bits per heavy atom. The summed E-state index contributed by atoms with van der Waals surface area (Å²) >= 11 is 0. The van der Waals surface area contributed by atoms with Gasteiger partial charge in [0.05, 0.1) is 22.7 Å². The summed E-state index contributed by atoms with van der Waals surface area (Å²) in [4.78, 5) is 16.4. The first-order chi connectivity index (χ1) is 11.9. The molecule has 2 aromatic heterocycles. The van der Waals surface area contributed by atoms with Gasteiger partial charge in [-0.2, -0.15) is 0 Å². The molecule has 1 N–H and O–H groups in total. The van der Waals surface area contributed by atoms with E-state index in [9.17, 15) is 13.2 Å². The summed E-state index contributed by atoms with van der Waals surface area (Å²) < 4.78 is 31.2. The van der Waals surface area contributed by atoms with E-state index < -0.39 is 15.9 Å². The Labute approximate surface area is 145 Å². The van der Waals surface area contributed by atoms with Crippen molar-refractivity contribution < 1.29 is 17.6 Å². The maximum absolute atomic E-state index is 12.6. The van der Waals surface area contributed by atoms with Gasteiger partial charge in [0.2, 0.25) is 0 Å². The van der Waals surface area contributed by atoms with Gasteiger partial charge < -0.3 is 9.73 Å². The van der Waals surface area contributed by atoms with Gasteiger partial charge in [-0.3, -0.25) is 4.79 Å². The molecule has 8 heteroatoms. The summed E-state index contributed by atoms with van der Waals surface area (Å²) in [6.07, 6.45) is 4.10. The number of carbonyl (C=O) groups excluding carboxylic acids is 1. The molecule has 25 heavy (non-hydrogen) atoms. The van der Waals surface area contributed by atoms with Crippen molar-refractivity contribution in [3.63, 3.8) is 0 Å². The molecule has 1 amide bonds. The van der Waals surface area contributed by atoms with Crippen molar-refractivity contribution in [2.75, 3.05) is 0 Å². The SMILES string of the molecule is Cc1ccc(S(=O)(=O)n2ccc(C(=O)NCc3coc(C)n3)c2)cc1. The molecule has 0 aliphatic heterocycles. The van der Waals surface area contributed by atoms with Crippen LogP contribution in [-0.4, -0.2) is 23.3 Å². The van der Waals surface area contributed by atoms with Crippen LogP contribution >= 0.6 is 0 Å². The number of aryl methyl sites for hydroxylation is 2. The largest absolute Gasteiger partial charge is 0.449 e. The number of hydrogen-bond donors (Lipinski definition) is 1. The molecule has 130 valence electrons. The molecular formula is C17H17N3O4S. The van der Waals surface area contributed by atoms with E-state index >= 15 is 0 Å². The molecule has 0 aliphatic carbocycles. The first-order valence-corrected chi connectivity index (χ1v) is 9.00. The van der Waals surface area contributed by atoms with E-state index in [1.807, 2.05) is 6.92 Å². The minimum Gasteiger partial charge on any atom is -0.449 e. The summed E-state index contributed by atoms with van der Waals surface area (Å²) in [5.41, 5.74) is 1.81. The molecule has 0 radical (unpaired) electrons. The number of aromatic nitrogens is 2. The molecular weight excluding hydrogens is 342 g/mol. The fraction of sp³-hybridized carbons (Fsp3) is 0.176. The number of oxazole rings is 1. The van der Waals surface area contributed by atoms with Gasteiger partial charge in [-0.15, -0.1) is 0 Å². The maximum Gasteiger partial charge on any atom is 0.267 e. The lowest BCUT2D eigenvalue weighted by molar-refractivity contribution is 0.0950. The van der Waals surface area contributed by atoms with Crippen LogP contribution in [0.15, 0.2) is 58.3 Å². The number of benzene rings is 1. The lowest BCUT2D eigenvalue weighted by Crippen LogP contribution is -2.22. The number of rotatable bonds is 5. The van der Waals surface area contributed by atoms with E-state index in [0.717, 1.165) is 9.54 Å². The lowest BCUT2D eigenvalue weighted by Gasteiger charge is -2.06. The van der Waals surface area contributed by atoms with E-state index in [2.05, 4.69) is 10.3 Å². The minimum atomic E-state index is -3.72. The fourth-order valence-corrected chi connectivity index (χ4v) is 3.45. The van der Waals surface area contributed by atoms with Crippen molar-refractivity contribution >= 4 is 15.9 Å². The van der Waals surface area contributed by atoms with Crippen molar-refractivity contribution in [2.45, 2.75) is 25.3 Å². The molecule has 0 saturated carbocycles. The molecule has 7 nitrogen and oxygen atoms in total. The van der Waals surface area contributed by atoms with Gasteiger partial charge in [-0.05, 0) is 25.1 Å². The van der Waals surface area contributed by atoms with E-state index in [4.69, 9.17) is 4.42 Å². The number of nitrogens with zero attached hydrogens (tertiary/aromatic N) is 2. The normalized spacial score (nSPS) is 11.4. The Bertz CT molecular complexity index is 1000. The predicted molar refractivity (Wildman–Crippen MR) is 90.6 cm³/mol. The third kappa shape index (κ3) is 3.63. The Balaban J connectivity index is 1.75. The van der Waals surface area contributed by atoms with E-state index in [1.54, 1.807) is 19.1 Å². The summed E-state index contributed by atoms with van der Waals surface area (Å²) in [5, 5.41) is 2.67. The minimum absolute atomic E-state index is 0.165. The second-order valence-electron chi connectivity index (χ2n) is 5.59. The molecule has 0 unspecified atom stereocenters. The monoisotopic (exact) mass is 359 g/mol. The van der Waals surface area contributed by atoms with E-state index in [0.29, 0.717) is 11.6 Å². The highest BCUT2D eigenvalue weighted by atomic mass is 32.2. The first-order valence-electron chi connectivity index (χ1n) is 7.56. The number of carbonyl (C=O) groups is 1. The molecule has 0 bridgehead atoms. The highest BCUT2D eigenvalue weighted by molar-refractivity contribution is 7.90. The van der Waals surface area contributed by atoms with Crippen molar-refractivity contribution in [2.24, 2.45) is 0 Å². The van der Waals surface area contributed by atoms with Crippen LogP contribution in [-0.2, 0) is 16.6 Å². The Morgan fingerprint density at radius 1 is 1.20 bits per heavy atom. The molecule has 0 fully saturated rings. The summed E-state index contributed by atoms with van der Waals surface area (Å²) in [5.74, 6) is 0.123. The maximum atomic E-state index is 12.6.